The van der Waals surface area contributed by atoms with Gasteiger partial charge in [0.2, 0.25) is 5.91 Å². The molecule has 3 aromatic rings. The summed E-state index contributed by atoms with van der Waals surface area (Å²) in [6.07, 6.45) is 6.73. The number of thiazole rings is 1. The first-order valence-corrected chi connectivity index (χ1v) is 10.9. The molecule has 1 heterocycles. The van der Waals surface area contributed by atoms with E-state index < -0.39 is 0 Å². The molecule has 0 fully saturated rings. The zero-order chi connectivity index (χ0) is 19.1. The molecule has 0 saturated carbocycles. The fourth-order valence-corrected chi connectivity index (χ4v) is 4.87. The molecule has 0 unspecified atom stereocenters. The molecule has 3 rings (SSSR count). The molecule has 0 aliphatic carbocycles. The van der Waals surface area contributed by atoms with Crippen LogP contribution in [0.5, 0.6) is 0 Å². The molecule has 0 spiro atoms. The number of rotatable bonds is 7. The van der Waals surface area contributed by atoms with Crippen molar-refractivity contribution in [2.75, 3.05) is 5.75 Å². The highest BCUT2D eigenvalue weighted by Crippen LogP contribution is 2.22. The first kappa shape index (κ1) is 19.8. The molecule has 2 aromatic carbocycles. The van der Waals surface area contributed by atoms with Gasteiger partial charge in [-0.05, 0) is 35.9 Å². The summed E-state index contributed by atoms with van der Waals surface area (Å²) < 4.78 is 2.86. The summed E-state index contributed by atoms with van der Waals surface area (Å²) in [5.74, 6) is 4.41. The van der Waals surface area contributed by atoms with Gasteiger partial charge in [0, 0.05) is 17.2 Å². The minimum atomic E-state index is -0.112. The second kappa shape index (κ2) is 9.80. The monoisotopic (exact) mass is 414 g/mol. The maximum atomic E-state index is 12.3. The number of amides is 1. The molecule has 27 heavy (non-hydrogen) atoms. The van der Waals surface area contributed by atoms with Crippen LogP contribution in [0.1, 0.15) is 18.4 Å². The molecule has 0 saturated heterocycles. The minimum Gasteiger partial charge on any atom is -0.305 e. The van der Waals surface area contributed by atoms with E-state index >= 15 is 0 Å². The minimum absolute atomic E-state index is 0.112. The van der Waals surface area contributed by atoms with Crippen molar-refractivity contribution in [3.8, 4) is 12.3 Å². The molecule has 0 aliphatic rings. The molecule has 1 aromatic heterocycles. The SMILES string of the molecule is C#CCn1c(=NC(=O)CCCSCc2ccccc2)sc2cc(Cl)ccc21. The highest BCUT2D eigenvalue weighted by molar-refractivity contribution is 7.98. The van der Waals surface area contributed by atoms with E-state index in [-0.39, 0.29) is 5.91 Å². The van der Waals surface area contributed by atoms with Gasteiger partial charge in [-0.25, -0.2) is 0 Å². The standard InChI is InChI=1S/C21H19ClN2OS2/c1-2-12-24-18-11-10-17(22)14-19(18)27-21(24)23-20(25)9-6-13-26-15-16-7-4-3-5-8-16/h1,3-5,7-8,10-11,14H,6,9,12-13,15H2. The summed E-state index contributed by atoms with van der Waals surface area (Å²) in [4.78, 5) is 17.2. The van der Waals surface area contributed by atoms with E-state index in [9.17, 15) is 4.79 Å². The van der Waals surface area contributed by atoms with E-state index in [4.69, 9.17) is 18.0 Å². The maximum absolute atomic E-state index is 12.3. The molecule has 138 valence electrons. The van der Waals surface area contributed by atoms with Crippen LogP contribution < -0.4 is 4.80 Å². The summed E-state index contributed by atoms with van der Waals surface area (Å²) in [6.45, 7) is 0.376. The highest BCUT2D eigenvalue weighted by atomic mass is 35.5. The Bertz CT molecular complexity index is 1030. The van der Waals surface area contributed by atoms with E-state index in [0.29, 0.717) is 22.8 Å². The Morgan fingerprint density at radius 3 is 2.85 bits per heavy atom. The van der Waals surface area contributed by atoms with Gasteiger partial charge in [0.25, 0.3) is 0 Å². The van der Waals surface area contributed by atoms with Crippen molar-refractivity contribution in [3.05, 3.63) is 63.9 Å². The molecule has 0 atom stereocenters. The third-order valence-electron chi connectivity index (χ3n) is 3.91. The lowest BCUT2D eigenvalue weighted by Gasteiger charge is -2.01. The average molecular weight is 415 g/mol. The Kier molecular flexibility index (Phi) is 7.17. The van der Waals surface area contributed by atoms with E-state index in [1.165, 1.54) is 16.9 Å². The van der Waals surface area contributed by atoms with Crippen LogP contribution in [-0.2, 0) is 17.1 Å². The first-order chi connectivity index (χ1) is 13.2. The molecule has 0 N–H and O–H groups in total. The summed E-state index contributed by atoms with van der Waals surface area (Å²) in [5, 5.41) is 0.657. The molecule has 0 radical (unpaired) electrons. The predicted molar refractivity (Wildman–Crippen MR) is 116 cm³/mol. The van der Waals surface area contributed by atoms with Gasteiger partial charge in [-0.1, -0.05) is 59.2 Å². The maximum Gasteiger partial charge on any atom is 0.248 e. The zero-order valence-electron chi connectivity index (χ0n) is 14.7. The van der Waals surface area contributed by atoms with Crippen molar-refractivity contribution in [3.63, 3.8) is 0 Å². The van der Waals surface area contributed by atoms with Crippen molar-refractivity contribution in [2.45, 2.75) is 25.1 Å². The molecule has 3 nitrogen and oxygen atoms in total. The van der Waals surface area contributed by atoms with Crippen molar-refractivity contribution in [1.82, 2.24) is 4.57 Å². The zero-order valence-corrected chi connectivity index (χ0v) is 17.1. The van der Waals surface area contributed by atoms with Gasteiger partial charge in [-0.2, -0.15) is 16.8 Å². The van der Waals surface area contributed by atoms with E-state index in [1.807, 2.05) is 52.7 Å². The lowest BCUT2D eigenvalue weighted by molar-refractivity contribution is -0.118. The number of aromatic nitrogens is 1. The largest absolute Gasteiger partial charge is 0.305 e. The summed E-state index contributed by atoms with van der Waals surface area (Å²) >= 11 is 9.33. The number of benzene rings is 2. The van der Waals surface area contributed by atoms with Crippen LogP contribution >= 0.6 is 34.7 Å². The van der Waals surface area contributed by atoms with Crippen molar-refractivity contribution < 1.29 is 4.79 Å². The Labute approximate surface area is 172 Å². The number of hydrogen-bond donors (Lipinski definition) is 0. The van der Waals surface area contributed by atoms with Gasteiger partial charge in [-0.15, -0.1) is 6.42 Å². The van der Waals surface area contributed by atoms with Crippen molar-refractivity contribution in [2.24, 2.45) is 4.99 Å². The molecule has 0 bridgehead atoms. The second-order valence-electron chi connectivity index (χ2n) is 5.93. The van der Waals surface area contributed by atoms with Gasteiger partial charge in [0.1, 0.15) is 0 Å². The molecule has 1 amide bonds. The number of terminal acetylenes is 1. The Hall–Kier alpha value is -2.00. The van der Waals surface area contributed by atoms with E-state index in [1.54, 1.807) is 0 Å². The van der Waals surface area contributed by atoms with Crippen LogP contribution in [0.3, 0.4) is 0 Å². The van der Waals surface area contributed by atoms with Crippen LogP contribution in [0.25, 0.3) is 10.2 Å². The van der Waals surface area contributed by atoms with Gasteiger partial charge in [-0.3, -0.25) is 4.79 Å². The molecule has 6 heteroatoms. The predicted octanol–water partition coefficient (Wildman–Crippen LogP) is 5.13. The van der Waals surface area contributed by atoms with Crippen LogP contribution in [-0.4, -0.2) is 16.2 Å². The van der Waals surface area contributed by atoms with Crippen molar-refractivity contribution >= 4 is 50.8 Å². The Balaban J connectivity index is 1.61. The number of fused-ring (bicyclic) bond motifs is 1. The molecule has 0 aliphatic heterocycles. The number of carbonyl (C=O) groups is 1. The quantitative estimate of drug-likeness (QED) is 0.396. The van der Waals surface area contributed by atoms with Gasteiger partial charge >= 0.3 is 0 Å². The fourth-order valence-electron chi connectivity index (χ4n) is 2.63. The van der Waals surface area contributed by atoms with E-state index in [2.05, 4.69) is 23.0 Å². The molecular formula is C21H19ClN2OS2. The third kappa shape index (κ3) is 5.49. The van der Waals surface area contributed by atoms with Crippen LogP contribution in [0.4, 0.5) is 0 Å². The Morgan fingerprint density at radius 2 is 2.07 bits per heavy atom. The van der Waals surface area contributed by atoms with Crippen LogP contribution in [0.2, 0.25) is 5.02 Å². The number of thioether (sulfide) groups is 1. The van der Waals surface area contributed by atoms with Crippen LogP contribution in [0.15, 0.2) is 53.5 Å². The molecular weight excluding hydrogens is 396 g/mol. The third-order valence-corrected chi connectivity index (χ3v) is 6.30. The Morgan fingerprint density at radius 1 is 1.26 bits per heavy atom. The van der Waals surface area contributed by atoms with Crippen molar-refractivity contribution in [1.29, 1.82) is 0 Å². The van der Waals surface area contributed by atoms with Crippen LogP contribution in [0, 0.1) is 12.3 Å². The summed E-state index contributed by atoms with van der Waals surface area (Å²) in [6, 6.07) is 15.9. The average Bonchev–Trinajstić information content (AvgIpc) is 2.99. The number of carbonyl (C=O) groups excluding carboxylic acids is 1. The smallest absolute Gasteiger partial charge is 0.248 e. The lowest BCUT2D eigenvalue weighted by Crippen LogP contribution is -2.16. The summed E-state index contributed by atoms with van der Waals surface area (Å²) in [5.41, 5.74) is 2.25. The first-order valence-electron chi connectivity index (χ1n) is 8.59. The highest BCUT2D eigenvalue weighted by Gasteiger charge is 2.08. The second-order valence-corrected chi connectivity index (χ2v) is 8.48. The lowest BCUT2D eigenvalue weighted by atomic mass is 10.2. The summed E-state index contributed by atoms with van der Waals surface area (Å²) in [7, 11) is 0. The number of halogens is 1. The number of hydrogen-bond acceptors (Lipinski definition) is 3. The van der Waals surface area contributed by atoms with E-state index in [0.717, 1.165) is 28.1 Å². The normalized spacial score (nSPS) is 11.6. The number of nitrogens with zero attached hydrogens (tertiary/aromatic N) is 2. The topological polar surface area (TPSA) is 34.4 Å². The van der Waals surface area contributed by atoms with Gasteiger partial charge < -0.3 is 4.57 Å². The van der Waals surface area contributed by atoms with Gasteiger partial charge in [0.15, 0.2) is 4.80 Å². The van der Waals surface area contributed by atoms with Gasteiger partial charge in [0.05, 0.1) is 16.8 Å². The fraction of sp³-hybridized carbons (Fsp3) is 0.238.